The van der Waals surface area contributed by atoms with E-state index in [2.05, 4.69) is 30.6 Å². The Morgan fingerprint density at radius 2 is 1.80 bits per heavy atom. The Bertz CT molecular complexity index is 287. The first kappa shape index (κ1) is 16.3. The van der Waals surface area contributed by atoms with E-state index in [4.69, 9.17) is 0 Å². The standard InChI is InChI=1S/C17H34N2O/c1-15(2)12-18-7-9-19(10-8-18)13-17(14-20)6-4-5-16(3)11-17/h15-16,20H,4-14H2,1-3H3. The van der Waals surface area contributed by atoms with E-state index in [9.17, 15) is 5.11 Å². The summed E-state index contributed by atoms with van der Waals surface area (Å²) in [5.74, 6) is 1.56. The largest absolute Gasteiger partial charge is 0.396 e. The molecule has 0 radical (unpaired) electrons. The number of hydrogen-bond acceptors (Lipinski definition) is 3. The molecule has 0 amide bonds. The fourth-order valence-corrected chi connectivity index (χ4v) is 4.23. The molecule has 0 aromatic heterocycles. The SMILES string of the molecule is CC(C)CN1CCN(CC2(CO)CCCC(C)C2)CC1. The van der Waals surface area contributed by atoms with Crippen LogP contribution in [0, 0.1) is 17.3 Å². The number of rotatable bonds is 5. The maximum atomic E-state index is 9.92. The van der Waals surface area contributed by atoms with E-state index in [-0.39, 0.29) is 5.41 Å². The summed E-state index contributed by atoms with van der Waals surface area (Å²) in [4.78, 5) is 5.20. The zero-order valence-corrected chi connectivity index (χ0v) is 13.8. The van der Waals surface area contributed by atoms with Crippen LogP contribution in [-0.4, -0.2) is 60.8 Å². The maximum Gasteiger partial charge on any atom is 0.0499 e. The highest BCUT2D eigenvalue weighted by molar-refractivity contribution is 4.89. The van der Waals surface area contributed by atoms with Crippen molar-refractivity contribution < 1.29 is 5.11 Å². The molecule has 1 saturated carbocycles. The van der Waals surface area contributed by atoms with Crippen LogP contribution in [0.25, 0.3) is 0 Å². The van der Waals surface area contributed by atoms with Crippen LogP contribution in [0.4, 0.5) is 0 Å². The molecule has 1 aliphatic carbocycles. The van der Waals surface area contributed by atoms with E-state index in [0.29, 0.717) is 6.61 Å². The van der Waals surface area contributed by atoms with Crippen LogP contribution in [0.2, 0.25) is 0 Å². The Balaban J connectivity index is 1.81. The monoisotopic (exact) mass is 282 g/mol. The zero-order chi connectivity index (χ0) is 14.6. The predicted molar refractivity (Wildman–Crippen MR) is 84.9 cm³/mol. The molecule has 0 bridgehead atoms. The van der Waals surface area contributed by atoms with Crippen LogP contribution in [0.15, 0.2) is 0 Å². The summed E-state index contributed by atoms with van der Waals surface area (Å²) < 4.78 is 0. The van der Waals surface area contributed by atoms with Gasteiger partial charge in [-0.2, -0.15) is 0 Å². The molecule has 2 fully saturated rings. The van der Waals surface area contributed by atoms with Crippen molar-refractivity contribution in [2.24, 2.45) is 17.3 Å². The maximum absolute atomic E-state index is 9.92. The molecule has 3 heteroatoms. The lowest BCUT2D eigenvalue weighted by atomic mass is 9.70. The highest BCUT2D eigenvalue weighted by atomic mass is 16.3. The molecule has 118 valence electrons. The molecule has 1 heterocycles. The summed E-state index contributed by atoms with van der Waals surface area (Å²) in [6.07, 6.45) is 5.09. The first-order valence-electron chi connectivity index (χ1n) is 8.58. The van der Waals surface area contributed by atoms with Gasteiger partial charge in [0.05, 0.1) is 0 Å². The first-order valence-corrected chi connectivity index (χ1v) is 8.58. The average Bonchev–Trinajstić information content (AvgIpc) is 2.40. The van der Waals surface area contributed by atoms with E-state index in [1.165, 1.54) is 58.4 Å². The fraction of sp³-hybridized carbons (Fsp3) is 1.00. The lowest BCUT2D eigenvalue weighted by Crippen LogP contribution is -2.52. The Labute approximate surface area is 125 Å². The van der Waals surface area contributed by atoms with Crippen LogP contribution in [0.5, 0.6) is 0 Å². The van der Waals surface area contributed by atoms with E-state index < -0.39 is 0 Å². The van der Waals surface area contributed by atoms with Gasteiger partial charge >= 0.3 is 0 Å². The quantitative estimate of drug-likeness (QED) is 0.839. The predicted octanol–water partition coefficient (Wildman–Crippen LogP) is 2.45. The smallest absolute Gasteiger partial charge is 0.0499 e. The molecule has 20 heavy (non-hydrogen) atoms. The van der Waals surface area contributed by atoms with Crippen molar-refractivity contribution in [3.05, 3.63) is 0 Å². The van der Waals surface area contributed by atoms with Gasteiger partial charge < -0.3 is 14.9 Å². The molecule has 1 N–H and O–H groups in total. The van der Waals surface area contributed by atoms with Gasteiger partial charge in [-0.15, -0.1) is 0 Å². The summed E-state index contributed by atoms with van der Waals surface area (Å²) in [7, 11) is 0. The Kier molecular flexibility index (Phi) is 5.88. The highest BCUT2D eigenvalue weighted by Gasteiger charge is 2.36. The molecule has 2 atom stereocenters. The van der Waals surface area contributed by atoms with Crippen LogP contribution < -0.4 is 0 Å². The Morgan fingerprint density at radius 1 is 1.15 bits per heavy atom. The van der Waals surface area contributed by atoms with Gasteiger partial charge in [-0.3, -0.25) is 0 Å². The average molecular weight is 282 g/mol. The third-order valence-electron chi connectivity index (χ3n) is 5.17. The molecule has 2 aliphatic rings. The minimum atomic E-state index is 0.192. The Morgan fingerprint density at radius 3 is 2.35 bits per heavy atom. The molecular formula is C17H34N2O. The van der Waals surface area contributed by atoms with Crippen molar-refractivity contribution in [2.45, 2.75) is 46.5 Å². The van der Waals surface area contributed by atoms with Gasteiger partial charge in [0.2, 0.25) is 0 Å². The van der Waals surface area contributed by atoms with Gasteiger partial charge in [0.25, 0.3) is 0 Å². The van der Waals surface area contributed by atoms with Crippen molar-refractivity contribution in [3.63, 3.8) is 0 Å². The molecule has 0 aromatic rings. The van der Waals surface area contributed by atoms with Crippen molar-refractivity contribution in [2.75, 3.05) is 45.9 Å². The summed E-state index contributed by atoms with van der Waals surface area (Å²) in [6.45, 7) is 14.5. The van der Waals surface area contributed by atoms with Gasteiger partial charge in [-0.05, 0) is 24.7 Å². The molecular weight excluding hydrogens is 248 g/mol. The molecule has 2 unspecified atom stereocenters. The second kappa shape index (κ2) is 7.24. The van der Waals surface area contributed by atoms with Crippen molar-refractivity contribution in [3.8, 4) is 0 Å². The minimum Gasteiger partial charge on any atom is -0.396 e. The van der Waals surface area contributed by atoms with E-state index >= 15 is 0 Å². The van der Waals surface area contributed by atoms with Gasteiger partial charge in [0, 0.05) is 51.3 Å². The van der Waals surface area contributed by atoms with E-state index in [1.807, 2.05) is 0 Å². The van der Waals surface area contributed by atoms with Crippen molar-refractivity contribution >= 4 is 0 Å². The summed E-state index contributed by atoms with van der Waals surface area (Å²) in [5.41, 5.74) is 0.192. The molecule has 1 saturated heterocycles. The van der Waals surface area contributed by atoms with Gasteiger partial charge in [0.1, 0.15) is 0 Å². The first-order chi connectivity index (χ1) is 9.53. The molecule has 3 nitrogen and oxygen atoms in total. The van der Waals surface area contributed by atoms with E-state index in [0.717, 1.165) is 18.4 Å². The second-order valence-electron chi connectivity index (χ2n) is 7.83. The molecule has 1 aliphatic heterocycles. The lowest BCUT2D eigenvalue weighted by molar-refractivity contribution is 0.00749. The molecule has 0 aromatic carbocycles. The third-order valence-corrected chi connectivity index (χ3v) is 5.17. The van der Waals surface area contributed by atoms with Crippen LogP contribution in [0.3, 0.4) is 0 Å². The molecule has 0 spiro atoms. The third kappa shape index (κ3) is 4.44. The van der Waals surface area contributed by atoms with E-state index in [1.54, 1.807) is 0 Å². The fourth-order valence-electron chi connectivity index (χ4n) is 4.23. The highest BCUT2D eigenvalue weighted by Crippen LogP contribution is 2.39. The van der Waals surface area contributed by atoms with Crippen LogP contribution >= 0.6 is 0 Å². The van der Waals surface area contributed by atoms with Gasteiger partial charge in [-0.1, -0.05) is 33.6 Å². The summed E-state index contributed by atoms with van der Waals surface area (Å²) in [5, 5.41) is 9.92. The number of hydrogen-bond donors (Lipinski definition) is 1. The topological polar surface area (TPSA) is 26.7 Å². The Hall–Kier alpha value is -0.120. The summed E-state index contributed by atoms with van der Waals surface area (Å²) >= 11 is 0. The van der Waals surface area contributed by atoms with Crippen molar-refractivity contribution in [1.82, 2.24) is 9.80 Å². The number of aliphatic hydroxyl groups is 1. The van der Waals surface area contributed by atoms with Crippen molar-refractivity contribution in [1.29, 1.82) is 0 Å². The van der Waals surface area contributed by atoms with Crippen LogP contribution in [0.1, 0.15) is 46.5 Å². The number of aliphatic hydroxyl groups excluding tert-OH is 1. The summed E-state index contributed by atoms with van der Waals surface area (Å²) in [6, 6.07) is 0. The second-order valence-corrected chi connectivity index (χ2v) is 7.83. The molecule has 2 rings (SSSR count). The number of piperazine rings is 1. The minimum absolute atomic E-state index is 0.192. The number of nitrogens with zero attached hydrogens (tertiary/aromatic N) is 2. The lowest BCUT2D eigenvalue weighted by Gasteiger charge is -2.44. The normalized spacial score (nSPS) is 33.8. The van der Waals surface area contributed by atoms with Gasteiger partial charge in [0.15, 0.2) is 0 Å². The van der Waals surface area contributed by atoms with Crippen LogP contribution in [-0.2, 0) is 0 Å². The zero-order valence-electron chi connectivity index (χ0n) is 13.8. The van der Waals surface area contributed by atoms with Gasteiger partial charge in [-0.25, -0.2) is 0 Å².